The average Bonchev–Trinajstić information content (AvgIpc) is 3.05. The molecule has 0 aliphatic rings. The van der Waals surface area contributed by atoms with Gasteiger partial charge in [-0.2, -0.15) is 0 Å². The number of nitrogens with zero attached hydrogens (tertiary/aromatic N) is 2. The Hall–Kier alpha value is -2.81. The van der Waals surface area contributed by atoms with E-state index in [1.165, 1.54) is 18.3 Å². The van der Waals surface area contributed by atoms with Gasteiger partial charge in [-0.25, -0.2) is 8.78 Å². The lowest BCUT2D eigenvalue weighted by atomic mass is 10.1. The molecule has 1 heterocycles. The van der Waals surface area contributed by atoms with Crippen LogP contribution in [0.2, 0.25) is 0 Å². The second kappa shape index (κ2) is 7.64. The second-order valence-electron chi connectivity index (χ2n) is 4.84. The van der Waals surface area contributed by atoms with Gasteiger partial charge < -0.3 is 14.1 Å². The number of halogens is 2. The van der Waals surface area contributed by atoms with E-state index in [0.717, 1.165) is 0 Å². The highest BCUT2D eigenvalue weighted by molar-refractivity contribution is 5.98. The topological polar surface area (TPSA) is 85.8 Å². The summed E-state index contributed by atoms with van der Waals surface area (Å²) in [6.45, 7) is 0.251. The number of carbonyl (C=O) groups excluding carboxylic acids is 1. The van der Waals surface area contributed by atoms with Crippen molar-refractivity contribution in [3.05, 3.63) is 63.6 Å². The monoisotopic (exact) mass is 340 g/mol. The largest absolute Gasteiger partial charge is 0.467 e. The molecule has 1 amide bonds. The zero-order valence-electron chi connectivity index (χ0n) is 12.7. The van der Waals surface area contributed by atoms with Gasteiger partial charge in [-0.05, 0) is 18.2 Å². The molecule has 7 nitrogen and oxygen atoms in total. The molecule has 24 heavy (non-hydrogen) atoms. The number of carbonyl (C=O) groups is 1. The molecule has 0 spiro atoms. The normalized spacial score (nSPS) is 10.6. The Balaban J connectivity index is 2.37. The van der Waals surface area contributed by atoms with Crippen molar-refractivity contribution >= 4 is 11.6 Å². The third-order valence-electron chi connectivity index (χ3n) is 3.25. The van der Waals surface area contributed by atoms with Crippen molar-refractivity contribution < 1.29 is 27.7 Å². The first-order valence-electron chi connectivity index (χ1n) is 6.88. The van der Waals surface area contributed by atoms with Gasteiger partial charge in [-0.3, -0.25) is 14.9 Å². The summed E-state index contributed by atoms with van der Waals surface area (Å²) < 4.78 is 36.8. The number of ether oxygens (including phenoxy) is 1. The van der Waals surface area contributed by atoms with Crippen LogP contribution in [0.1, 0.15) is 16.1 Å². The Morgan fingerprint density at radius 3 is 2.67 bits per heavy atom. The molecule has 2 aromatic rings. The maximum absolute atomic E-state index is 13.5. The molecule has 9 heteroatoms. The molecule has 2 rings (SSSR count). The molecule has 1 aromatic heterocycles. The van der Waals surface area contributed by atoms with Crippen LogP contribution < -0.4 is 0 Å². The predicted octanol–water partition coefficient (Wildman–Crippen LogP) is 2.75. The lowest BCUT2D eigenvalue weighted by Crippen LogP contribution is -2.34. The summed E-state index contributed by atoms with van der Waals surface area (Å²) in [7, 11) is 1.43. The summed E-state index contributed by atoms with van der Waals surface area (Å²) in [5.74, 6) is -3.12. The van der Waals surface area contributed by atoms with Gasteiger partial charge in [0.15, 0.2) is 11.6 Å². The highest BCUT2D eigenvalue weighted by atomic mass is 19.2. The van der Waals surface area contributed by atoms with E-state index in [1.807, 2.05) is 0 Å². The minimum Gasteiger partial charge on any atom is -0.467 e. The van der Waals surface area contributed by atoms with Crippen LogP contribution in [-0.4, -0.2) is 36.0 Å². The molecule has 1 aromatic carbocycles. The Kier molecular flexibility index (Phi) is 5.59. The van der Waals surface area contributed by atoms with Crippen LogP contribution in [0.4, 0.5) is 14.5 Å². The molecular formula is C15H14F2N2O5. The van der Waals surface area contributed by atoms with Gasteiger partial charge in [0.1, 0.15) is 11.3 Å². The fourth-order valence-corrected chi connectivity index (χ4v) is 2.07. The molecule has 0 atom stereocenters. The molecule has 0 saturated carbocycles. The second-order valence-corrected chi connectivity index (χ2v) is 4.84. The third-order valence-corrected chi connectivity index (χ3v) is 3.25. The van der Waals surface area contributed by atoms with Gasteiger partial charge in [-0.1, -0.05) is 0 Å². The first kappa shape index (κ1) is 17.5. The van der Waals surface area contributed by atoms with Gasteiger partial charge in [0, 0.05) is 13.7 Å². The molecule has 0 radical (unpaired) electrons. The van der Waals surface area contributed by atoms with Crippen LogP contribution in [-0.2, 0) is 11.3 Å². The SMILES string of the molecule is COCCN(Cc1ccco1)C(=O)c1cc(F)c(F)cc1[N+](=O)[O-]. The van der Waals surface area contributed by atoms with Crippen LogP contribution in [0, 0.1) is 21.7 Å². The molecular weight excluding hydrogens is 326 g/mol. The number of hydrogen-bond donors (Lipinski definition) is 0. The standard InChI is InChI=1S/C15H14F2N2O5/c1-23-6-4-18(9-10-3-2-5-24-10)15(20)11-7-12(16)13(17)8-14(11)19(21)22/h2-3,5,7-8H,4,6,9H2,1H3. The summed E-state index contributed by atoms with van der Waals surface area (Å²) in [5.41, 5.74) is -1.35. The Labute approximate surface area is 135 Å². The number of nitro benzene ring substituents is 1. The number of hydrogen-bond acceptors (Lipinski definition) is 5. The van der Waals surface area contributed by atoms with Gasteiger partial charge in [0.25, 0.3) is 11.6 Å². The van der Waals surface area contributed by atoms with E-state index in [1.54, 1.807) is 12.1 Å². The minimum atomic E-state index is -1.40. The Morgan fingerprint density at radius 1 is 1.38 bits per heavy atom. The van der Waals surface area contributed by atoms with E-state index >= 15 is 0 Å². The molecule has 0 bridgehead atoms. The first-order valence-corrected chi connectivity index (χ1v) is 6.88. The smallest absolute Gasteiger partial charge is 0.285 e. The number of rotatable bonds is 7. The van der Waals surface area contributed by atoms with Crippen molar-refractivity contribution in [2.24, 2.45) is 0 Å². The van der Waals surface area contributed by atoms with E-state index in [9.17, 15) is 23.7 Å². The van der Waals surface area contributed by atoms with Crippen LogP contribution in [0.25, 0.3) is 0 Å². The van der Waals surface area contributed by atoms with Gasteiger partial charge in [-0.15, -0.1) is 0 Å². The lowest BCUT2D eigenvalue weighted by molar-refractivity contribution is -0.385. The molecule has 128 valence electrons. The van der Waals surface area contributed by atoms with Crippen LogP contribution in [0.5, 0.6) is 0 Å². The molecule has 0 unspecified atom stereocenters. The van der Waals surface area contributed by atoms with Crippen LogP contribution in [0.15, 0.2) is 34.9 Å². The molecule has 0 saturated heterocycles. The van der Waals surface area contributed by atoms with Crippen LogP contribution in [0.3, 0.4) is 0 Å². The quantitative estimate of drug-likeness (QED) is 0.571. The van der Waals surface area contributed by atoms with Crippen molar-refractivity contribution in [1.29, 1.82) is 0 Å². The highest BCUT2D eigenvalue weighted by Crippen LogP contribution is 2.24. The van der Waals surface area contributed by atoms with Gasteiger partial charge in [0.05, 0.1) is 30.4 Å². The Bertz CT molecular complexity index is 734. The summed E-state index contributed by atoms with van der Waals surface area (Å²) >= 11 is 0. The fourth-order valence-electron chi connectivity index (χ4n) is 2.07. The zero-order valence-corrected chi connectivity index (χ0v) is 12.7. The van der Waals surface area contributed by atoms with Crippen LogP contribution >= 0.6 is 0 Å². The fraction of sp³-hybridized carbons (Fsp3) is 0.267. The summed E-state index contributed by atoms with van der Waals surface area (Å²) in [4.78, 5) is 23.9. The van der Waals surface area contributed by atoms with E-state index in [-0.39, 0.29) is 19.7 Å². The summed E-state index contributed by atoms with van der Waals surface area (Å²) in [6.07, 6.45) is 1.41. The van der Waals surface area contributed by atoms with Gasteiger partial charge in [0.2, 0.25) is 0 Å². The Morgan fingerprint density at radius 2 is 2.08 bits per heavy atom. The zero-order chi connectivity index (χ0) is 17.7. The van der Waals surface area contributed by atoms with E-state index < -0.39 is 33.7 Å². The van der Waals surface area contributed by atoms with Crippen molar-refractivity contribution in [2.75, 3.05) is 20.3 Å². The van der Waals surface area contributed by atoms with E-state index in [0.29, 0.717) is 17.9 Å². The molecule has 0 fully saturated rings. The maximum atomic E-state index is 13.5. The summed E-state index contributed by atoms with van der Waals surface area (Å²) in [5, 5.41) is 11.0. The van der Waals surface area contributed by atoms with Crippen molar-refractivity contribution in [1.82, 2.24) is 4.90 Å². The lowest BCUT2D eigenvalue weighted by Gasteiger charge is -2.21. The average molecular weight is 340 g/mol. The molecule has 0 aliphatic heterocycles. The number of amides is 1. The minimum absolute atomic E-state index is 0.00530. The van der Waals surface area contributed by atoms with E-state index in [2.05, 4.69) is 0 Å². The van der Waals surface area contributed by atoms with Crippen molar-refractivity contribution in [2.45, 2.75) is 6.54 Å². The number of nitro groups is 1. The maximum Gasteiger partial charge on any atom is 0.285 e. The molecule has 0 aliphatic carbocycles. The number of furan rings is 1. The van der Waals surface area contributed by atoms with Gasteiger partial charge >= 0.3 is 0 Å². The third kappa shape index (κ3) is 3.93. The number of methoxy groups -OCH3 is 1. The van der Waals surface area contributed by atoms with Crippen molar-refractivity contribution in [3.8, 4) is 0 Å². The predicted molar refractivity (Wildman–Crippen MR) is 78.3 cm³/mol. The highest BCUT2D eigenvalue weighted by Gasteiger charge is 2.28. The number of benzene rings is 1. The molecule has 0 N–H and O–H groups in total. The first-order chi connectivity index (χ1) is 11.4. The van der Waals surface area contributed by atoms with E-state index in [4.69, 9.17) is 9.15 Å². The summed E-state index contributed by atoms with van der Waals surface area (Å²) in [6, 6.07) is 4.16. The van der Waals surface area contributed by atoms with Crippen molar-refractivity contribution in [3.63, 3.8) is 0 Å².